The van der Waals surface area contributed by atoms with E-state index in [0.29, 0.717) is 11.8 Å². The molecule has 1 amide bonds. The first-order valence-electron chi connectivity index (χ1n) is 3.86. The summed E-state index contributed by atoms with van der Waals surface area (Å²) in [6.07, 6.45) is 0. The van der Waals surface area contributed by atoms with Crippen LogP contribution in [-0.2, 0) is 4.79 Å². The Bertz CT molecular complexity index is 124. The minimum atomic E-state index is 0.0243. The number of nitrogens with one attached hydrogen (secondary N) is 2. The molecule has 0 spiro atoms. The second-order valence-corrected chi connectivity index (χ2v) is 3.71. The van der Waals surface area contributed by atoms with Crippen LogP contribution in [0.2, 0.25) is 0 Å². The third-order valence-electron chi connectivity index (χ3n) is 1.12. The predicted octanol–water partition coefficient (Wildman–Crippen LogP) is 0.642. The van der Waals surface area contributed by atoms with Crippen molar-refractivity contribution in [1.82, 2.24) is 10.6 Å². The average Bonchev–Trinajstić information content (AvgIpc) is 2.02. The molecule has 2 N–H and O–H groups in total. The highest BCUT2D eigenvalue weighted by Crippen LogP contribution is 1.93. The Balaban J connectivity index is 2.86. The maximum Gasteiger partial charge on any atom is 0.217 e. The smallest absolute Gasteiger partial charge is 0.217 e. The van der Waals surface area contributed by atoms with Crippen LogP contribution in [0, 0.1) is 0 Å². The molecule has 0 radical (unpaired) electrons. The SMILES string of the molecule is CC(=O)NCSCCNCCCl. The van der Waals surface area contributed by atoms with Gasteiger partial charge in [0.2, 0.25) is 5.91 Å². The largest absolute Gasteiger partial charge is 0.347 e. The predicted molar refractivity (Wildman–Crippen MR) is 54.7 cm³/mol. The van der Waals surface area contributed by atoms with Crippen molar-refractivity contribution in [2.75, 3.05) is 30.6 Å². The van der Waals surface area contributed by atoms with Crippen LogP contribution in [0.5, 0.6) is 0 Å². The maximum atomic E-state index is 10.4. The number of carbonyl (C=O) groups is 1. The number of rotatable bonds is 7. The first kappa shape index (κ1) is 12.1. The molecule has 12 heavy (non-hydrogen) atoms. The lowest BCUT2D eigenvalue weighted by Crippen LogP contribution is -2.22. The van der Waals surface area contributed by atoms with Crippen LogP contribution in [0.15, 0.2) is 0 Å². The molecule has 0 aromatic heterocycles. The molecule has 0 fully saturated rings. The Kier molecular flexibility index (Phi) is 9.21. The molecule has 0 aromatic carbocycles. The lowest BCUT2D eigenvalue weighted by Gasteiger charge is -2.02. The van der Waals surface area contributed by atoms with Gasteiger partial charge in [-0.15, -0.1) is 23.4 Å². The summed E-state index contributed by atoms with van der Waals surface area (Å²) in [7, 11) is 0. The zero-order valence-electron chi connectivity index (χ0n) is 7.23. The minimum absolute atomic E-state index is 0.0243. The summed E-state index contributed by atoms with van der Waals surface area (Å²) in [4.78, 5) is 10.4. The van der Waals surface area contributed by atoms with Gasteiger partial charge < -0.3 is 10.6 Å². The van der Waals surface area contributed by atoms with Gasteiger partial charge in [0.15, 0.2) is 0 Å². The van der Waals surface area contributed by atoms with Crippen LogP contribution >= 0.6 is 23.4 Å². The van der Waals surface area contributed by atoms with Gasteiger partial charge in [0.1, 0.15) is 0 Å². The number of hydrogen-bond acceptors (Lipinski definition) is 3. The minimum Gasteiger partial charge on any atom is -0.347 e. The van der Waals surface area contributed by atoms with E-state index in [1.54, 1.807) is 11.8 Å². The van der Waals surface area contributed by atoms with E-state index in [9.17, 15) is 4.79 Å². The third kappa shape index (κ3) is 10.1. The highest BCUT2D eigenvalue weighted by molar-refractivity contribution is 7.99. The van der Waals surface area contributed by atoms with E-state index < -0.39 is 0 Å². The molecule has 0 heterocycles. The Morgan fingerprint density at radius 3 is 2.83 bits per heavy atom. The summed E-state index contributed by atoms with van der Waals surface area (Å²) in [6.45, 7) is 3.31. The van der Waals surface area contributed by atoms with Gasteiger partial charge in [-0.2, -0.15) is 0 Å². The van der Waals surface area contributed by atoms with Crippen molar-refractivity contribution in [1.29, 1.82) is 0 Å². The van der Waals surface area contributed by atoms with Gasteiger partial charge in [0.25, 0.3) is 0 Å². The Morgan fingerprint density at radius 2 is 2.25 bits per heavy atom. The quantitative estimate of drug-likeness (QED) is 0.368. The first-order chi connectivity index (χ1) is 5.77. The molecule has 0 unspecified atom stereocenters. The summed E-state index contributed by atoms with van der Waals surface area (Å²) in [6, 6.07) is 0. The summed E-state index contributed by atoms with van der Waals surface area (Å²) < 4.78 is 0. The standard InChI is InChI=1S/C7H15ClN2OS/c1-7(11)10-6-12-5-4-9-3-2-8/h9H,2-6H2,1H3,(H,10,11). The molecule has 0 aliphatic rings. The Morgan fingerprint density at radius 1 is 1.50 bits per heavy atom. The lowest BCUT2D eigenvalue weighted by molar-refractivity contribution is -0.118. The fourth-order valence-electron chi connectivity index (χ4n) is 0.561. The lowest BCUT2D eigenvalue weighted by atomic mass is 10.7. The summed E-state index contributed by atoms with van der Waals surface area (Å²) in [5, 5.41) is 5.86. The highest BCUT2D eigenvalue weighted by Gasteiger charge is 1.90. The van der Waals surface area contributed by atoms with Gasteiger partial charge >= 0.3 is 0 Å². The molecule has 72 valence electrons. The molecular formula is C7H15ClN2OS. The van der Waals surface area contributed by atoms with Crippen molar-refractivity contribution < 1.29 is 4.79 Å². The van der Waals surface area contributed by atoms with Crippen molar-refractivity contribution in [3.8, 4) is 0 Å². The Hall–Kier alpha value is 0.0700. The number of alkyl halides is 1. The van der Waals surface area contributed by atoms with Crippen molar-refractivity contribution in [2.45, 2.75) is 6.92 Å². The third-order valence-corrected chi connectivity index (χ3v) is 2.15. The van der Waals surface area contributed by atoms with Crippen LogP contribution < -0.4 is 10.6 Å². The zero-order valence-corrected chi connectivity index (χ0v) is 8.80. The number of amides is 1. The van der Waals surface area contributed by atoms with Gasteiger partial charge in [-0.05, 0) is 0 Å². The second-order valence-electron chi connectivity index (χ2n) is 2.22. The molecule has 0 saturated carbocycles. The van der Waals surface area contributed by atoms with E-state index in [2.05, 4.69) is 10.6 Å². The van der Waals surface area contributed by atoms with Crippen LogP contribution in [0.25, 0.3) is 0 Å². The van der Waals surface area contributed by atoms with E-state index in [1.165, 1.54) is 6.92 Å². The number of hydrogen-bond donors (Lipinski definition) is 2. The fourth-order valence-corrected chi connectivity index (χ4v) is 1.43. The van der Waals surface area contributed by atoms with Crippen molar-refractivity contribution >= 4 is 29.3 Å². The monoisotopic (exact) mass is 210 g/mol. The Labute approximate surface area is 82.6 Å². The molecule has 0 aliphatic heterocycles. The van der Waals surface area contributed by atoms with E-state index in [-0.39, 0.29) is 5.91 Å². The molecule has 0 bridgehead atoms. The number of carbonyl (C=O) groups excluding carboxylic acids is 1. The number of halogens is 1. The van der Waals surface area contributed by atoms with Crippen molar-refractivity contribution in [2.24, 2.45) is 0 Å². The molecule has 0 saturated heterocycles. The average molecular weight is 211 g/mol. The molecule has 0 atom stereocenters. The summed E-state index contributed by atoms with van der Waals surface area (Å²) >= 11 is 7.15. The van der Waals surface area contributed by atoms with Crippen molar-refractivity contribution in [3.05, 3.63) is 0 Å². The molecule has 3 nitrogen and oxygen atoms in total. The molecule has 0 aliphatic carbocycles. The van der Waals surface area contributed by atoms with E-state index in [1.807, 2.05) is 0 Å². The number of thioether (sulfide) groups is 1. The van der Waals surface area contributed by atoms with Crippen LogP contribution in [0.3, 0.4) is 0 Å². The van der Waals surface area contributed by atoms with Gasteiger partial charge in [0, 0.05) is 31.6 Å². The highest BCUT2D eigenvalue weighted by atomic mass is 35.5. The van der Waals surface area contributed by atoms with Gasteiger partial charge in [-0.3, -0.25) is 4.79 Å². The summed E-state index contributed by atoms with van der Waals surface area (Å²) in [5.74, 6) is 2.36. The van der Waals surface area contributed by atoms with Gasteiger partial charge in [-0.1, -0.05) is 0 Å². The van der Waals surface area contributed by atoms with Crippen LogP contribution in [-0.4, -0.2) is 36.5 Å². The molecule has 0 rings (SSSR count). The van der Waals surface area contributed by atoms with E-state index in [0.717, 1.165) is 18.8 Å². The molecular weight excluding hydrogens is 196 g/mol. The maximum absolute atomic E-state index is 10.4. The van der Waals surface area contributed by atoms with Gasteiger partial charge in [0.05, 0.1) is 5.88 Å². The van der Waals surface area contributed by atoms with E-state index >= 15 is 0 Å². The van der Waals surface area contributed by atoms with Crippen LogP contribution in [0.1, 0.15) is 6.92 Å². The van der Waals surface area contributed by atoms with Gasteiger partial charge in [-0.25, -0.2) is 0 Å². The summed E-state index contributed by atoms with van der Waals surface area (Å²) in [5.41, 5.74) is 0. The van der Waals surface area contributed by atoms with E-state index in [4.69, 9.17) is 11.6 Å². The van der Waals surface area contributed by atoms with Crippen molar-refractivity contribution in [3.63, 3.8) is 0 Å². The zero-order chi connectivity index (χ0) is 9.23. The fraction of sp³-hybridized carbons (Fsp3) is 0.857. The van der Waals surface area contributed by atoms with Crippen LogP contribution in [0.4, 0.5) is 0 Å². The molecule has 5 heteroatoms. The normalized spacial score (nSPS) is 9.83. The molecule has 0 aromatic rings. The first-order valence-corrected chi connectivity index (χ1v) is 5.55. The topological polar surface area (TPSA) is 41.1 Å². The second kappa shape index (κ2) is 9.16.